The second-order valence-electron chi connectivity index (χ2n) is 8.45. The standard InChI is InChI=1S/C25H29ClN4O5/c1-27-17-6-3-15(4-7-17)24(31)30-22-19-13-18(34-12-11-33-2)8-9-20(19)35-23(22)25(32)29-21-10-5-16(26)14-28-21/h5,8-10,13-15,17,27H,3-4,6-7,11-12H2,1-2H3,(H,30,31)(H,28,29,32). The molecule has 3 aromatic rings. The number of benzene rings is 1. The molecular weight excluding hydrogens is 472 g/mol. The minimum absolute atomic E-state index is 0.0111. The fourth-order valence-corrected chi connectivity index (χ4v) is 4.30. The summed E-state index contributed by atoms with van der Waals surface area (Å²) >= 11 is 5.89. The van der Waals surface area contributed by atoms with Crippen molar-refractivity contribution in [2.24, 2.45) is 5.92 Å². The molecule has 4 rings (SSSR count). The van der Waals surface area contributed by atoms with E-state index in [-0.39, 0.29) is 17.6 Å². The monoisotopic (exact) mass is 500 g/mol. The topological polar surface area (TPSA) is 115 Å². The van der Waals surface area contributed by atoms with Crippen LogP contribution in [-0.4, -0.2) is 50.2 Å². The molecule has 3 N–H and O–H groups in total. The van der Waals surface area contributed by atoms with Crippen molar-refractivity contribution < 1.29 is 23.5 Å². The Kier molecular flexibility index (Phi) is 8.22. The first-order valence-corrected chi connectivity index (χ1v) is 12.0. The summed E-state index contributed by atoms with van der Waals surface area (Å²) in [7, 11) is 3.54. The van der Waals surface area contributed by atoms with Gasteiger partial charge in [0.2, 0.25) is 11.7 Å². The molecule has 186 valence electrons. The number of anilines is 2. The number of nitrogens with one attached hydrogen (secondary N) is 3. The number of amides is 2. The van der Waals surface area contributed by atoms with Crippen molar-refractivity contribution >= 4 is 45.9 Å². The van der Waals surface area contributed by atoms with Gasteiger partial charge in [0, 0.05) is 30.7 Å². The van der Waals surface area contributed by atoms with Crippen molar-refractivity contribution in [3.05, 3.63) is 47.3 Å². The zero-order valence-electron chi connectivity index (χ0n) is 19.7. The third-order valence-electron chi connectivity index (χ3n) is 6.15. The van der Waals surface area contributed by atoms with Gasteiger partial charge in [0.05, 0.1) is 11.6 Å². The van der Waals surface area contributed by atoms with Crippen molar-refractivity contribution in [3.63, 3.8) is 0 Å². The summed E-state index contributed by atoms with van der Waals surface area (Å²) in [6.45, 7) is 0.801. The molecule has 1 saturated carbocycles. The molecule has 2 aromatic heterocycles. The zero-order chi connectivity index (χ0) is 24.8. The number of pyridine rings is 1. The summed E-state index contributed by atoms with van der Waals surface area (Å²) in [6, 6.07) is 8.84. The van der Waals surface area contributed by atoms with Crippen molar-refractivity contribution in [1.29, 1.82) is 0 Å². The van der Waals surface area contributed by atoms with Crippen LogP contribution in [0.2, 0.25) is 5.02 Å². The lowest BCUT2D eigenvalue weighted by Gasteiger charge is -2.27. The second kappa shape index (κ2) is 11.5. The maximum atomic E-state index is 13.2. The van der Waals surface area contributed by atoms with E-state index in [4.69, 9.17) is 25.5 Å². The number of fused-ring (bicyclic) bond motifs is 1. The zero-order valence-corrected chi connectivity index (χ0v) is 20.5. The molecule has 0 atom stereocenters. The lowest BCUT2D eigenvalue weighted by Crippen LogP contribution is -2.34. The van der Waals surface area contributed by atoms with Gasteiger partial charge in [0.15, 0.2) is 0 Å². The molecule has 10 heteroatoms. The second-order valence-corrected chi connectivity index (χ2v) is 8.88. The Balaban J connectivity index is 1.62. The van der Waals surface area contributed by atoms with Crippen LogP contribution in [0.4, 0.5) is 11.5 Å². The maximum Gasteiger partial charge on any atom is 0.294 e. The molecule has 1 aliphatic carbocycles. The average Bonchev–Trinajstić information content (AvgIpc) is 3.23. The summed E-state index contributed by atoms with van der Waals surface area (Å²) in [4.78, 5) is 30.4. The van der Waals surface area contributed by atoms with E-state index in [0.29, 0.717) is 52.5 Å². The molecule has 2 heterocycles. The van der Waals surface area contributed by atoms with Gasteiger partial charge in [-0.3, -0.25) is 9.59 Å². The number of methoxy groups -OCH3 is 1. The van der Waals surface area contributed by atoms with E-state index >= 15 is 0 Å². The van der Waals surface area contributed by atoms with Gasteiger partial charge in [0.25, 0.3) is 5.91 Å². The smallest absolute Gasteiger partial charge is 0.294 e. The molecule has 1 aromatic carbocycles. The van der Waals surface area contributed by atoms with Crippen LogP contribution in [0.5, 0.6) is 5.75 Å². The summed E-state index contributed by atoms with van der Waals surface area (Å²) < 4.78 is 16.6. The van der Waals surface area contributed by atoms with Gasteiger partial charge in [-0.2, -0.15) is 0 Å². The maximum absolute atomic E-state index is 13.2. The fraction of sp³-hybridized carbons (Fsp3) is 0.400. The molecule has 0 aliphatic heterocycles. The van der Waals surface area contributed by atoms with E-state index in [2.05, 4.69) is 20.9 Å². The van der Waals surface area contributed by atoms with Crippen LogP contribution >= 0.6 is 11.6 Å². The number of carbonyl (C=O) groups is 2. The number of aromatic nitrogens is 1. The third-order valence-corrected chi connectivity index (χ3v) is 6.37. The van der Waals surface area contributed by atoms with E-state index in [0.717, 1.165) is 25.7 Å². The van der Waals surface area contributed by atoms with E-state index in [1.807, 2.05) is 7.05 Å². The summed E-state index contributed by atoms with van der Waals surface area (Å²) in [5.74, 6) is 0.0686. The molecule has 0 saturated heterocycles. The number of halogens is 1. The lowest BCUT2D eigenvalue weighted by molar-refractivity contribution is -0.120. The highest BCUT2D eigenvalue weighted by Gasteiger charge is 2.29. The van der Waals surface area contributed by atoms with Crippen LogP contribution in [0, 0.1) is 5.92 Å². The van der Waals surface area contributed by atoms with Crippen molar-refractivity contribution in [1.82, 2.24) is 10.3 Å². The van der Waals surface area contributed by atoms with E-state index < -0.39 is 5.91 Å². The van der Waals surface area contributed by atoms with Crippen molar-refractivity contribution in [2.75, 3.05) is 38.0 Å². The van der Waals surface area contributed by atoms with Gasteiger partial charge in [-0.15, -0.1) is 0 Å². The minimum Gasteiger partial charge on any atom is -0.491 e. The highest BCUT2D eigenvalue weighted by Crippen LogP contribution is 2.35. The number of carbonyl (C=O) groups excluding carboxylic acids is 2. The highest BCUT2D eigenvalue weighted by molar-refractivity contribution is 6.30. The molecule has 2 amide bonds. The molecule has 35 heavy (non-hydrogen) atoms. The first kappa shape index (κ1) is 25.0. The Hall–Kier alpha value is -3.14. The minimum atomic E-state index is -0.535. The molecule has 1 fully saturated rings. The molecule has 0 radical (unpaired) electrons. The summed E-state index contributed by atoms with van der Waals surface area (Å²) in [5.41, 5.74) is 0.761. The number of ether oxygens (including phenoxy) is 2. The summed E-state index contributed by atoms with van der Waals surface area (Å²) in [6.07, 6.45) is 4.83. The molecular formula is C25H29ClN4O5. The van der Waals surface area contributed by atoms with Crippen LogP contribution in [0.15, 0.2) is 40.9 Å². The van der Waals surface area contributed by atoms with E-state index in [9.17, 15) is 9.59 Å². The SMILES string of the molecule is CNC1CCC(C(=O)Nc2c(C(=O)Nc3ccc(Cl)cn3)oc3ccc(OCCOC)cc23)CC1. The van der Waals surface area contributed by atoms with E-state index in [1.165, 1.54) is 6.20 Å². The number of rotatable bonds is 9. The van der Waals surface area contributed by atoms with Crippen molar-refractivity contribution in [3.8, 4) is 5.75 Å². The first-order chi connectivity index (χ1) is 17.0. The third kappa shape index (κ3) is 6.11. The predicted molar refractivity (Wildman–Crippen MR) is 134 cm³/mol. The fourth-order valence-electron chi connectivity index (χ4n) is 4.19. The number of nitrogens with zero attached hydrogens (tertiary/aromatic N) is 1. The predicted octanol–water partition coefficient (Wildman–Crippen LogP) is 4.48. The first-order valence-electron chi connectivity index (χ1n) is 11.6. The van der Waals surface area contributed by atoms with Gasteiger partial charge in [0.1, 0.15) is 29.4 Å². The van der Waals surface area contributed by atoms with Gasteiger partial charge in [-0.1, -0.05) is 11.6 Å². The number of hydrogen-bond donors (Lipinski definition) is 3. The average molecular weight is 501 g/mol. The van der Waals surface area contributed by atoms with Crippen LogP contribution in [0.25, 0.3) is 11.0 Å². The largest absolute Gasteiger partial charge is 0.491 e. The Morgan fingerprint density at radius 3 is 2.60 bits per heavy atom. The van der Waals surface area contributed by atoms with Crippen LogP contribution in [0.1, 0.15) is 36.2 Å². The van der Waals surface area contributed by atoms with E-state index in [1.54, 1.807) is 37.4 Å². The van der Waals surface area contributed by atoms with Crippen LogP contribution in [-0.2, 0) is 9.53 Å². The molecule has 9 nitrogen and oxygen atoms in total. The van der Waals surface area contributed by atoms with Crippen LogP contribution in [0.3, 0.4) is 0 Å². The van der Waals surface area contributed by atoms with Gasteiger partial charge >= 0.3 is 0 Å². The Labute approximate surface area is 208 Å². The quantitative estimate of drug-likeness (QED) is 0.371. The lowest BCUT2D eigenvalue weighted by atomic mass is 9.85. The van der Waals surface area contributed by atoms with Crippen molar-refractivity contribution in [2.45, 2.75) is 31.7 Å². The number of furan rings is 1. The normalized spacial score (nSPS) is 17.8. The van der Waals surface area contributed by atoms with Gasteiger partial charge in [-0.25, -0.2) is 4.98 Å². The Morgan fingerprint density at radius 1 is 1.11 bits per heavy atom. The number of hydrogen-bond acceptors (Lipinski definition) is 7. The highest BCUT2D eigenvalue weighted by atomic mass is 35.5. The molecule has 1 aliphatic rings. The Bertz CT molecular complexity index is 1170. The van der Waals surface area contributed by atoms with Crippen LogP contribution < -0.4 is 20.7 Å². The van der Waals surface area contributed by atoms with Gasteiger partial charge in [-0.05, 0) is 63.1 Å². The molecule has 0 bridgehead atoms. The Morgan fingerprint density at radius 2 is 1.91 bits per heavy atom. The molecule has 0 spiro atoms. The molecule has 0 unspecified atom stereocenters. The summed E-state index contributed by atoms with van der Waals surface area (Å²) in [5, 5.41) is 9.97. The van der Waals surface area contributed by atoms with Gasteiger partial charge < -0.3 is 29.8 Å².